The van der Waals surface area contributed by atoms with E-state index < -0.39 is 0 Å². The van der Waals surface area contributed by atoms with Crippen molar-refractivity contribution in [3.8, 4) is 44.8 Å². The van der Waals surface area contributed by atoms with E-state index >= 15 is 0 Å². The summed E-state index contributed by atoms with van der Waals surface area (Å²) in [5.41, 5.74) is 12.5. The number of hydrogen-bond acceptors (Lipinski definition) is 3. The lowest BCUT2D eigenvalue weighted by molar-refractivity contribution is 0.673. The van der Waals surface area contributed by atoms with Crippen molar-refractivity contribution in [2.24, 2.45) is 0 Å². The van der Waals surface area contributed by atoms with Crippen LogP contribution in [0.3, 0.4) is 0 Å². The molecule has 0 aliphatic carbocycles. The second-order valence-electron chi connectivity index (χ2n) is 14.8. The Morgan fingerprint density at radius 3 is 1.61 bits per heavy atom. The molecule has 0 N–H and O–H groups in total. The normalized spacial score (nSPS) is 11.9. The maximum atomic E-state index is 6.61. The number of nitrogens with zero attached hydrogens (tertiary/aromatic N) is 2. The summed E-state index contributed by atoms with van der Waals surface area (Å²) in [4.78, 5) is 10.6. The highest BCUT2D eigenvalue weighted by Gasteiger charge is 2.19. The van der Waals surface area contributed by atoms with Crippen molar-refractivity contribution in [3.05, 3.63) is 194 Å². The summed E-state index contributed by atoms with van der Waals surface area (Å²) >= 11 is 0. The van der Waals surface area contributed by atoms with Gasteiger partial charge < -0.3 is 4.42 Å². The molecule has 0 spiro atoms. The van der Waals surface area contributed by atoms with Gasteiger partial charge >= 0.3 is 0 Å². The number of aromatic nitrogens is 2. The van der Waals surface area contributed by atoms with Crippen molar-refractivity contribution >= 4 is 76.1 Å². The third kappa shape index (κ3) is 4.92. The molecule has 0 amide bonds. The van der Waals surface area contributed by atoms with E-state index in [1.165, 1.54) is 27.1 Å². The van der Waals surface area contributed by atoms with E-state index in [4.69, 9.17) is 14.4 Å². The van der Waals surface area contributed by atoms with Gasteiger partial charge in [-0.15, -0.1) is 0 Å². The molecule has 264 valence electrons. The fraction of sp³-hybridized carbons (Fsp3) is 0. The van der Waals surface area contributed by atoms with Crippen LogP contribution in [-0.4, -0.2) is 9.97 Å². The lowest BCUT2D eigenvalue weighted by Gasteiger charge is -2.16. The van der Waals surface area contributed by atoms with Crippen LogP contribution in [0.25, 0.3) is 121 Å². The predicted octanol–water partition coefficient (Wildman–Crippen LogP) is 14.8. The topological polar surface area (TPSA) is 38.9 Å². The largest absolute Gasteiger partial charge is 0.455 e. The molecule has 9 aromatic carbocycles. The fourth-order valence-electron chi connectivity index (χ4n) is 8.98. The highest BCUT2D eigenvalue weighted by atomic mass is 16.3. The van der Waals surface area contributed by atoms with Gasteiger partial charge in [-0.25, -0.2) is 9.97 Å². The van der Waals surface area contributed by atoms with Crippen LogP contribution in [0.1, 0.15) is 0 Å². The molecule has 57 heavy (non-hydrogen) atoms. The van der Waals surface area contributed by atoms with Crippen LogP contribution >= 0.6 is 0 Å². The van der Waals surface area contributed by atoms with Gasteiger partial charge in [0.15, 0.2) is 0 Å². The number of furan rings is 1. The Hall–Kier alpha value is -7.62. The lowest BCUT2D eigenvalue weighted by Crippen LogP contribution is -1.93. The molecule has 3 heterocycles. The number of pyridine rings is 2. The van der Waals surface area contributed by atoms with E-state index in [1.807, 2.05) is 18.2 Å². The van der Waals surface area contributed by atoms with Crippen LogP contribution in [0.4, 0.5) is 0 Å². The Morgan fingerprint density at radius 1 is 0.298 bits per heavy atom. The Balaban J connectivity index is 1.04. The molecule has 12 rings (SSSR count). The van der Waals surface area contributed by atoms with Crippen molar-refractivity contribution in [3.63, 3.8) is 0 Å². The molecule has 0 saturated heterocycles. The molecular formula is C54H32N2O. The summed E-state index contributed by atoms with van der Waals surface area (Å²) in [5, 5.41) is 11.5. The minimum absolute atomic E-state index is 0.892. The molecule has 0 aliphatic rings. The van der Waals surface area contributed by atoms with Crippen molar-refractivity contribution in [1.82, 2.24) is 9.97 Å². The lowest BCUT2D eigenvalue weighted by atomic mass is 9.89. The highest BCUT2D eigenvalue weighted by Crippen LogP contribution is 2.44. The first-order valence-electron chi connectivity index (χ1n) is 19.4. The van der Waals surface area contributed by atoms with E-state index in [2.05, 4.69) is 176 Å². The van der Waals surface area contributed by atoms with Crippen LogP contribution in [0, 0.1) is 0 Å². The van der Waals surface area contributed by atoms with E-state index in [0.717, 1.165) is 93.7 Å². The van der Waals surface area contributed by atoms with E-state index in [1.54, 1.807) is 0 Å². The molecule has 0 atom stereocenters. The Labute approximate surface area is 328 Å². The Kier molecular flexibility index (Phi) is 6.93. The molecule has 3 nitrogen and oxygen atoms in total. The molecule has 3 heteroatoms. The third-order valence-corrected chi connectivity index (χ3v) is 11.6. The first-order valence-corrected chi connectivity index (χ1v) is 19.4. The van der Waals surface area contributed by atoms with E-state index in [9.17, 15) is 0 Å². The third-order valence-electron chi connectivity index (χ3n) is 11.6. The fourth-order valence-corrected chi connectivity index (χ4v) is 8.98. The number of benzene rings is 9. The van der Waals surface area contributed by atoms with Crippen molar-refractivity contribution in [1.29, 1.82) is 0 Å². The second kappa shape index (κ2) is 12.5. The molecule has 0 aliphatic heterocycles. The zero-order valence-corrected chi connectivity index (χ0v) is 30.8. The average Bonchev–Trinajstić information content (AvgIpc) is 3.67. The van der Waals surface area contributed by atoms with Gasteiger partial charge in [0.2, 0.25) is 0 Å². The second-order valence-corrected chi connectivity index (χ2v) is 14.8. The molecular weight excluding hydrogens is 693 g/mol. The number of fused-ring (bicyclic) bond motifs is 12. The summed E-state index contributed by atoms with van der Waals surface area (Å²) in [7, 11) is 0. The zero-order valence-electron chi connectivity index (χ0n) is 30.8. The zero-order chi connectivity index (χ0) is 37.5. The average molecular weight is 725 g/mol. The number of rotatable bonds is 4. The molecule has 3 aromatic heterocycles. The van der Waals surface area contributed by atoms with Gasteiger partial charge in [-0.3, -0.25) is 0 Å². The first kappa shape index (κ1) is 31.7. The maximum Gasteiger partial charge on any atom is 0.144 e. The highest BCUT2D eigenvalue weighted by molar-refractivity contribution is 6.26. The Bertz CT molecular complexity index is 3550. The van der Waals surface area contributed by atoms with Crippen molar-refractivity contribution < 1.29 is 4.42 Å². The van der Waals surface area contributed by atoms with Gasteiger partial charge in [-0.2, -0.15) is 0 Å². The molecule has 0 bridgehead atoms. The van der Waals surface area contributed by atoms with Gasteiger partial charge in [-0.1, -0.05) is 164 Å². The number of para-hydroxylation sites is 2. The molecule has 12 aromatic rings. The first-order chi connectivity index (χ1) is 28.3. The van der Waals surface area contributed by atoms with Gasteiger partial charge in [0, 0.05) is 54.2 Å². The predicted molar refractivity (Wildman–Crippen MR) is 239 cm³/mol. The van der Waals surface area contributed by atoms with Crippen LogP contribution in [0.2, 0.25) is 0 Å². The number of hydrogen-bond donors (Lipinski definition) is 0. The quantitative estimate of drug-likeness (QED) is 0.170. The van der Waals surface area contributed by atoms with Crippen molar-refractivity contribution in [2.45, 2.75) is 0 Å². The van der Waals surface area contributed by atoms with Crippen LogP contribution in [0.15, 0.2) is 199 Å². The van der Waals surface area contributed by atoms with Gasteiger partial charge in [0.25, 0.3) is 0 Å². The molecule has 0 fully saturated rings. The Morgan fingerprint density at radius 2 is 0.842 bits per heavy atom. The molecule has 0 radical (unpaired) electrons. The minimum atomic E-state index is 0.892. The summed E-state index contributed by atoms with van der Waals surface area (Å²) in [5.74, 6) is 0. The minimum Gasteiger partial charge on any atom is -0.455 e. The summed E-state index contributed by atoms with van der Waals surface area (Å²) in [6.07, 6.45) is 0. The van der Waals surface area contributed by atoms with Gasteiger partial charge in [-0.05, 0) is 63.4 Å². The monoisotopic (exact) mass is 724 g/mol. The van der Waals surface area contributed by atoms with Gasteiger partial charge in [0.05, 0.1) is 22.4 Å². The van der Waals surface area contributed by atoms with E-state index in [-0.39, 0.29) is 0 Å². The standard InChI is InChI=1S/C54H32N2O/c1-3-13-35(14-4-1)52-44-30-29-41-39-18-10-12-22-49(39)57-54(41)51(44)43-28-27-37(31-48(43)56-52)33-23-25-34(26-24-33)45-32-46-50(40-19-8-7-17-38(40)45)42-20-9-11-21-47(42)55-53(46)36-15-5-2-6-16-36/h1-32H. The van der Waals surface area contributed by atoms with Crippen LogP contribution in [0.5, 0.6) is 0 Å². The van der Waals surface area contributed by atoms with E-state index in [0.29, 0.717) is 0 Å². The molecule has 0 saturated carbocycles. The van der Waals surface area contributed by atoms with Crippen molar-refractivity contribution in [2.75, 3.05) is 0 Å². The summed E-state index contributed by atoms with van der Waals surface area (Å²) < 4.78 is 6.61. The summed E-state index contributed by atoms with van der Waals surface area (Å²) in [6, 6.07) is 69.0. The maximum absolute atomic E-state index is 6.61. The van der Waals surface area contributed by atoms with Gasteiger partial charge in [0.1, 0.15) is 11.2 Å². The van der Waals surface area contributed by atoms with Crippen LogP contribution < -0.4 is 0 Å². The summed E-state index contributed by atoms with van der Waals surface area (Å²) in [6.45, 7) is 0. The van der Waals surface area contributed by atoms with Crippen LogP contribution in [-0.2, 0) is 0 Å². The SMILES string of the molecule is c1ccc(-c2nc3ccccc3c3c2cc(-c2ccc(-c4ccc5c(c4)nc(-c4ccccc4)c4ccc6c7ccccc7oc6c45)cc2)c2ccccc23)cc1. The smallest absolute Gasteiger partial charge is 0.144 e. The molecule has 0 unspecified atom stereocenters.